The lowest BCUT2D eigenvalue weighted by molar-refractivity contribution is -0.384. The van der Waals surface area contributed by atoms with Gasteiger partial charge in [0.1, 0.15) is 18.6 Å². The van der Waals surface area contributed by atoms with Crippen molar-refractivity contribution in [2.75, 3.05) is 12.3 Å². The molecule has 0 saturated carbocycles. The first-order valence-electron chi connectivity index (χ1n) is 10.2. The van der Waals surface area contributed by atoms with Crippen molar-refractivity contribution in [2.24, 2.45) is 0 Å². The number of aryl methyl sites for hydroxylation is 1. The summed E-state index contributed by atoms with van der Waals surface area (Å²) < 4.78 is 39.7. The number of fused-ring (bicyclic) bond motifs is 1. The highest BCUT2D eigenvalue weighted by Crippen LogP contribution is 2.32. The highest BCUT2D eigenvalue weighted by molar-refractivity contribution is 9.11. The Labute approximate surface area is 222 Å². The number of aromatic nitrogens is 2. The lowest BCUT2D eigenvalue weighted by Crippen LogP contribution is -2.14. The highest BCUT2D eigenvalue weighted by Gasteiger charge is 2.24. The first-order chi connectivity index (χ1) is 17.1. The predicted molar refractivity (Wildman–Crippen MR) is 142 cm³/mol. The van der Waals surface area contributed by atoms with E-state index in [2.05, 4.69) is 37.0 Å². The number of hydrogen-bond donors (Lipinski definition) is 1. The van der Waals surface area contributed by atoms with E-state index < -0.39 is 14.9 Å². The van der Waals surface area contributed by atoms with Crippen LogP contribution in [0.5, 0.6) is 11.6 Å². The molecule has 10 nitrogen and oxygen atoms in total. The van der Waals surface area contributed by atoms with Gasteiger partial charge in [-0.3, -0.25) is 10.1 Å². The van der Waals surface area contributed by atoms with Gasteiger partial charge in [-0.05, 0) is 75.2 Å². The van der Waals surface area contributed by atoms with Crippen molar-refractivity contribution in [3.8, 4) is 11.6 Å². The molecular formula is C23H18Br2N4O6S. The average molecular weight is 638 g/mol. The van der Waals surface area contributed by atoms with Gasteiger partial charge in [0.05, 0.1) is 29.7 Å². The Kier molecular flexibility index (Phi) is 7.33. The molecule has 3 aromatic carbocycles. The predicted octanol–water partition coefficient (Wildman–Crippen LogP) is 5.53. The van der Waals surface area contributed by atoms with Crippen LogP contribution in [0.4, 0.5) is 11.4 Å². The number of nitrogens with zero attached hydrogens (tertiary/aromatic N) is 3. The molecule has 4 rings (SSSR count). The summed E-state index contributed by atoms with van der Waals surface area (Å²) in [6.45, 7) is 1.82. The van der Waals surface area contributed by atoms with E-state index in [1.165, 1.54) is 36.6 Å². The van der Waals surface area contributed by atoms with Crippen LogP contribution in [0.3, 0.4) is 0 Å². The number of hydrogen-bond acceptors (Lipinski definition) is 8. The Hall–Kier alpha value is -3.42. The monoisotopic (exact) mass is 636 g/mol. The molecule has 0 bridgehead atoms. The lowest BCUT2D eigenvalue weighted by atomic mass is 10.2. The zero-order chi connectivity index (χ0) is 26.0. The average Bonchev–Trinajstić information content (AvgIpc) is 3.20. The Morgan fingerprint density at radius 2 is 1.89 bits per heavy atom. The Balaban J connectivity index is 1.59. The van der Waals surface area contributed by atoms with E-state index in [1.54, 1.807) is 30.3 Å². The van der Waals surface area contributed by atoms with Gasteiger partial charge >= 0.3 is 0 Å². The van der Waals surface area contributed by atoms with Gasteiger partial charge in [-0.15, -0.1) is 9.19 Å². The van der Waals surface area contributed by atoms with Gasteiger partial charge in [0.25, 0.3) is 15.7 Å². The number of anilines is 1. The minimum Gasteiger partial charge on any atom is -0.471 e. The number of nitro benzene ring substituents is 1. The quantitative estimate of drug-likeness (QED) is 0.115. The van der Waals surface area contributed by atoms with Gasteiger partial charge in [-0.2, -0.15) is 8.42 Å². The highest BCUT2D eigenvalue weighted by atomic mass is 79.9. The van der Waals surface area contributed by atoms with Crippen molar-refractivity contribution >= 4 is 64.2 Å². The SMILES string of the molecule is Cc1ccc(S(=O)(=O)n2nc(OCC(Br)=COc3ccc([N+](=O)[O-])cc3Br)c3cc(N)ccc32)cc1. The second-order valence-electron chi connectivity index (χ2n) is 7.59. The molecule has 0 unspecified atom stereocenters. The molecule has 4 aromatic rings. The van der Waals surface area contributed by atoms with Gasteiger partial charge in [0, 0.05) is 17.8 Å². The van der Waals surface area contributed by atoms with E-state index in [0.29, 0.717) is 31.3 Å². The Bertz CT molecular complexity index is 1600. The van der Waals surface area contributed by atoms with E-state index in [1.807, 2.05) is 6.92 Å². The minimum absolute atomic E-state index is 0.0455. The number of benzene rings is 3. The van der Waals surface area contributed by atoms with Crippen molar-refractivity contribution in [2.45, 2.75) is 11.8 Å². The fourth-order valence-corrected chi connectivity index (χ4v) is 5.13. The number of non-ortho nitro benzene ring substituents is 1. The van der Waals surface area contributed by atoms with E-state index >= 15 is 0 Å². The first-order valence-corrected chi connectivity index (χ1v) is 13.3. The molecule has 0 saturated heterocycles. The number of nitrogen functional groups attached to an aromatic ring is 1. The molecule has 0 amide bonds. The second kappa shape index (κ2) is 10.3. The van der Waals surface area contributed by atoms with Gasteiger partial charge in [-0.1, -0.05) is 17.7 Å². The molecule has 0 spiro atoms. The summed E-state index contributed by atoms with van der Waals surface area (Å²) in [7, 11) is -3.99. The van der Waals surface area contributed by atoms with Crippen LogP contribution in [0.15, 0.2) is 80.8 Å². The molecule has 1 aromatic heterocycles. The summed E-state index contributed by atoms with van der Waals surface area (Å²) >= 11 is 6.57. The zero-order valence-electron chi connectivity index (χ0n) is 18.6. The van der Waals surface area contributed by atoms with Crippen LogP contribution in [0, 0.1) is 17.0 Å². The molecule has 13 heteroatoms. The molecule has 0 aliphatic rings. The number of nitrogens with two attached hydrogens (primary N) is 1. The fraction of sp³-hybridized carbons (Fsp3) is 0.0870. The maximum absolute atomic E-state index is 13.3. The number of nitro groups is 1. The number of halogens is 2. The fourth-order valence-electron chi connectivity index (χ4n) is 3.18. The minimum atomic E-state index is -3.99. The van der Waals surface area contributed by atoms with Crippen LogP contribution >= 0.6 is 31.9 Å². The Morgan fingerprint density at radius 3 is 2.56 bits per heavy atom. The number of ether oxygens (including phenoxy) is 2. The Morgan fingerprint density at radius 1 is 1.17 bits per heavy atom. The van der Waals surface area contributed by atoms with Crippen molar-refractivity contribution in [1.82, 2.24) is 9.19 Å². The lowest BCUT2D eigenvalue weighted by Gasteiger charge is -2.06. The van der Waals surface area contributed by atoms with Crippen LogP contribution in [0.25, 0.3) is 10.9 Å². The van der Waals surface area contributed by atoms with E-state index in [4.69, 9.17) is 15.2 Å². The molecule has 0 atom stereocenters. The number of rotatable bonds is 8. The summed E-state index contributed by atoms with van der Waals surface area (Å²) in [6.07, 6.45) is 1.35. The molecule has 186 valence electrons. The third kappa shape index (κ3) is 5.37. The van der Waals surface area contributed by atoms with E-state index in [0.717, 1.165) is 9.65 Å². The first kappa shape index (κ1) is 25.7. The van der Waals surface area contributed by atoms with Crippen LogP contribution in [0.2, 0.25) is 0 Å². The normalized spacial score (nSPS) is 12.0. The van der Waals surface area contributed by atoms with Crippen molar-refractivity contribution in [3.63, 3.8) is 0 Å². The molecule has 0 aliphatic carbocycles. The molecule has 1 heterocycles. The van der Waals surface area contributed by atoms with Crippen LogP contribution in [0.1, 0.15) is 5.56 Å². The van der Waals surface area contributed by atoms with Gasteiger partial charge in [0.2, 0.25) is 5.88 Å². The van der Waals surface area contributed by atoms with E-state index in [-0.39, 0.29) is 23.1 Å². The largest absolute Gasteiger partial charge is 0.471 e. The molecule has 0 radical (unpaired) electrons. The third-order valence-corrected chi connectivity index (χ3v) is 7.61. The van der Waals surface area contributed by atoms with Gasteiger partial charge < -0.3 is 15.2 Å². The summed E-state index contributed by atoms with van der Waals surface area (Å²) in [5.41, 5.74) is 7.50. The van der Waals surface area contributed by atoms with Gasteiger partial charge in [0.15, 0.2) is 0 Å². The molecule has 0 aliphatic heterocycles. The third-order valence-electron chi connectivity index (χ3n) is 4.97. The molecule has 0 fully saturated rings. The summed E-state index contributed by atoms with van der Waals surface area (Å²) in [6, 6.07) is 15.3. The second-order valence-corrected chi connectivity index (χ2v) is 11.2. The summed E-state index contributed by atoms with van der Waals surface area (Å²) in [5.74, 6) is 0.416. The molecule has 2 N–H and O–H groups in total. The summed E-state index contributed by atoms with van der Waals surface area (Å²) in [4.78, 5) is 10.5. The van der Waals surface area contributed by atoms with Crippen molar-refractivity contribution in [1.29, 1.82) is 0 Å². The van der Waals surface area contributed by atoms with Gasteiger partial charge in [-0.25, -0.2) is 0 Å². The van der Waals surface area contributed by atoms with Crippen LogP contribution in [-0.2, 0) is 10.0 Å². The maximum atomic E-state index is 13.3. The standard InChI is InChI=1S/C23H18Br2N4O6S/c1-14-2-6-18(7-3-14)36(32,33)28-21-8-4-16(26)10-19(21)23(27-28)35-13-15(24)12-34-22-9-5-17(29(30)31)11-20(22)25/h2-12H,13,26H2,1H3. The zero-order valence-corrected chi connectivity index (χ0v) is 22.6. The topological polar surface area (TPSA) is 140 Å². The maximum Gasteiger partial charge on any atom is 0.283 e. The smallest absolute Gasteiger partial charge is 0.283 e. The van der Waals surface area contributed by atoms with Crippen molar-refractivity contribution in [3.05, 3.63) is 91.6 Å². The molecule has 36 heavy (non-hydrogen) atoms. The van der Waals surface area contributed by atoms with E-state index in [9.17, 15) is 18.5 Å². The van der Waals surface area contributed by atoms with Crippen LogP contribution in [-0.4, -0.2) is 29.1 Å². The summed E-state index contributed by atoms with van der Waals surface area (Å²) in [5, 5.41) is 15.5. The van der Waals surface area contributed by atoms with Crippen LogP contribution < -0.4 is 15.2 Å². The van der Waals surface area contributed by atoms with Crippen molar-refractivity contribution < 1.29 is 22.8 Å². The molecular weight excluding hydrogens is 620 g/mol.